The fourth-order valence-electron chi connectivity index (χ4n) is 2.04. The molecule has 0 saturated carbocycles. The lowest BCUT2D eigenvalue weighted by Crippen LogP contribution is -2.28. The van der Waals surface area contributed by atoms with Crippen molar-refractivity contribution < 1.29 is 14.2 Å². The Morgan fingerprint density at radius 2 is 1.30 bits per heavy atom. The highest BCUT2D eigenvalue weighted by atomic mass is 16.5. The maximum Gasteiger partial charge on any atom is 0.0701 e. The first kappa shape index (κ1) is 19.8. The van der Waals surface area contributed by atoms with Gasteiger partial charge in [-0.05, 0) is 31.2 Å². The molecule has 0 aromatic rings. The summed E-state index contributed by atoms with van der Waals surface area (Å²) < 4.78 is 16.5. The molecule has 0 aromatic carbocycles. The van der Waals surface area contributed by atoms with E-state index in [1.807, 2.05) is 0 Å². The van der Waals surface area contributed by atoms with Gasteiger partial charge in [0, 0.05) is 13.2 Å². The van der Waals surface area contributed by atoms with Crippen molar-refractivity contribution in [2.24, 2.45) is 11.1 Å². The summed E-state index contributed by atoms with van der Waals surface area (Å²) in [4.78, 5) is 0. The molecule has 1 atom stereocenters. The van der Waals surface area contributed by atoms with Crippen molar-refractivity contribution >= 4 is 0 Å². The average molecular weight is 289 g/mol. The second kappa shape index (κ2) is 13.8. The summed E-state index contributed by atoms with van der Waals surface area (Å²) in [6.07, 6.45) is 5.67. The van der Waals surface area contributed by atoms with E-state index in [1.54, 1.807) is 0 Å². The van der Waals surface area contributed by atoms with Crippen LogP contribution in [0.1, 0.15) is 52.9 Å². The highest BCUT2D eigenvalue weighted by Crippen LogP contribution is 2.25. The van der Waals surface area contributed by atoms with Gasteiger partial charge in [-0.2, -0.15) is 0 Å². The molecule has 0 aliphatic rings. The van der Waals surface area contributed by atoms with Gasteiger partial charge in [0.15, 0.2) is 0 Å². The summed E-state index contributed by atoms with van der Waals surface area (Å²) in [5.74, 6) is 0. The highest BCUT2D eigenvalue weighted by molar-refractivity contribution is 4.74. The number of nitrogens with two attached hydrogens (primary N) is 1. The molecule has 0 heterocycles. The van der Waals surface area contributed by atoms with Gasteiger partial charge in [0.05, 0.1) is 26.4 Å². The Morgan fingerprint density at radius 3 is 1.80 bits per heavy atom. The molecule has 0 fully saturated rings. The van der Waals surface area contributed by atoms with Gasteiger partial charge >= 0.3 is 0 Å². The third-order valence-corrected chi connectivity index (χ3v) is 3.58. The summed E-state index contributed by atoms with van der Waals surface area (Å²) in [7, 11) is 0. The van der Waals surface area contributed by atoms with Crippen LogP contribution in [0.4, 0.5) is 0 Å². The maximum absolute atomic E-state index is 5.83. The normalized spacial score (nSPS) is 14.4. The fourth-order valence-corrected chi connectivity index (χ4v) is 2.04. The van der Waals surface area contributed by atoms with Crippen LogP contribution in [0.15, 0.2) is 0 Å². The lowest BCUT2D eigenvalue weighted by molar-refractivity contribution is 0.00852. The molecule has 0 spiro atoms. The molecule has 0 aromatic heterocycles. The molecule has 0 aliphatic carbocycles. The molecule has 0 aliphatic heterocycles. The summed E-state index contributed by atoms with van der Waals surface area (Å²) in [6, 6.07) is 0. The monoisotopic (exact) mass is 289 g/mol. The van der Waals surface area contributed by atoms with Gasteiger partial charge < -0.3 is 19.9 Å². The summed E-state index contributed by atoms with van der Waals surface area (Å²) >= 11 is 0. The first-order chi connectivity index (χ1) is 9.68. The Labute approximate surface area is 125 Å². The first-order valence-electron chi connectivity index (χ1n) is 8.12. The summed E-state index contributed by atoms with van der Waals surface area (Å²) in [5.41, 5.74) is 6.05. The smallest absolute Gasteiger partial charge is 0.0701 e. The number of rotatable bonds is 15. The Morgan fingerprint density at radius 1 is 0.750 bits per heavy atom. The summed E-state index contributed by atoms with van der Waals surface area (Å²) in [5, 5.41) is 0. The molecular formula is C16H35NO3. The predicted molar refractivity (Wildman–Crippen MR) is 84.1 cm³/mol. The zero-order valence-electron chi connectivity index (χ0n) is 13.8. The fraction of sp³-hybridized carbons (Fsp3) is 1.00. The standard InChI is InChI=1S/C16H35NO3/c1-4-6-9-18-11-13-20-14-12-19-10-8-16(3,15-17)7-5-2/h4-15,17H2,1-3H3. The van der Waals surface area contributed by atoms with Crippen molar-refractivity contribution in [1.82, 2.24) is 0 Å². The SMILES string of the molecule is CCCCOCCOCCOCCC(C)(CN)CCC. The third-order valence-electron chi connectivity index (χ3n) is 3.58. The van der Waals surface area contributed by atoms with Crippen LogP contribution in [-0.2, 0) is 14.2 Å². The lowest BCUT2D eigenvalue weighted by atomic mass is 9.83. The van der Waals surface area contributed by atoms with E-state index < -0.39 is 0 Å². The van der Waals surface area contributed by atoms with Crippen molar-refractivity contribution in [1.29, 1.82) is 0 Å². The van der Waals surface area contributed by atoms with Crippen LogP contribution in [0.25, 0.3) is 0 Å². The van der Waals surface area contributed by atoms with Crippen molar-refractivity contribution in [2.75, 3.05) is 46.2 Å². The Kier molecular flexibility index (Phi) is 13.7. The second-order valence-electron chi connectivity index (χ2n) is 5.71. The third kappa shape index (κ3) is 11.6. The van der Waals surface area contributed by atoms with Crippen LogP contribution in [0.3, 0.4) is 0 Å². The molecule has 0 radical (unpaired) electrons. The van der Waals surface area contributed by atoms with E-state index in [4.69, 9.17) is 19.9 Å². The van der Waals surface area contributed by atoms with Crippen molar-refractivity contribution in [2.45, 2.75) is 52.9 Å². The quantitative estimate of drug-likeness (QED) is 0.471. The van der Waals surface area contributed by atoms with E-state index in [0.717, 1.165) is 32.6 Å². The molecule has 20 heavy (non-hydrogen) atoms. The molecule has 0 amide bonds. The molecule has 4 nitrogen and oxygen atoms in total. The molecule has 0 saturated heterocycles. The van der Waals surface area contributed by atoms with E-state index >= 15 is 0 Å². The maximum atomic E-state index is 5.83. The minimum atomic E-state index is 0.225. The van der Waals surface area contributed by atoms with E-state index in [1.165, 1.54) is 19.3 Å². The number of ether oxygens (including phenoxy) is 3. The summed E-state index contributed by atoms with van der Waals surface area (Å²) in [6.45, 7) is 11.6. The number of unbranched alkanes of at least 4 members (excludes halogenated alkanes) is 1. The van der Waals surface area contributed by atoms with Crippen molar-refractivity contribution in [3.05, 3.63) is 0 Å². The van der Waals surface area contributed by atoms with Gasteiger partial charge in [-0.3, -0.25) is 0 Å². The van der Waals surface area contributed by atoms with E-state index in [-0.39, 0.29) is 5.41 Å². The van der Waals surface area contributed by atoms with Crippen molar-refractivity contribution in [3.63, 3.8) is 0 Å². The molecule has 2 N–H and O–H groups in total. The minimum Gasteiger partial charge on any atom is -0.379 e. The van der Waals surface area contributed by atoms with Crippen LogP contribution in [0, 0.1) is 5.41 Å². The van der Waals surface area contributed by atoms with E-state index in [2.05, 4.69) is 20.8 Å². The van der Waals surface area contributed by atoms with E-state index in [9.17, 15) is 0 Å². The predicted octanol–water partition coefficient (Wildman–Crippen LogP) is 2.99. The van der Waals surface area contributed by atoms with Crippen LogP contribution >= 0.6 is 0 Å². The zero-order chi connectivity index (χ0) is 15.1. The topological polar surface area (TPSA) is 53.7 Å². The van der Waals surface area contributed by atoms with Crippen molar-refractivity contribution in [3.8, 4) is 0 Å². The Bertz CT molecular complexity index is 202. The molecule has 1 unspecified atom stereocenters. The van der Waals surface area contributed by atoms with E-state index in [0.29, 0.717) is 26.4 Å². The zero-order valence-corrected chi connectivity index (χ0v) is 13.8. The van der Waals surface area contributed by atoms with Gasteiger partial charge in [-0.1, -0.05) is 33.6 Å². The van der Waals surface area contributed by atoms with Gasteiger partial charge in [-0.15, -0.1) is 0 Å². The molecule has 4 heteroatoms. The average Bonchev–Trinajstić information content (AvgIpc) is 2.45. The largest absolute Gasteiger partial charge is 0.379 e. The van der Waals surface area contributed by atoms with Gasteiger partial charge in [0.1, 0.15) is 0 Å². The minimum absolute atomic E-state index is 0.225. The van der Waals surface area contributed by atoms with Gasteiger partial charge in [-0.25, -0.2) is 0 Å². The van der Waals surface area contributed by atoms with Crippen LogP contribution in [-0.4, -0.2) is 46.2 Å². The first-order valence-corrected chi connectivity index (χ1v) is 8.12. The number of hydrogen-bond acceptors (Lipinski definition) is 4. The van der Waals surface area contributed by atoms with Crippen LogP contribution in [0.5, 0.6) is 0 Å². The van der Waals surface area contributed by atoms with Crippen LogP contribution in [0.2, 0.25) is 0 Å². The lowest BCUT2D eigenvalue weighted by Gasteiger charge is -2.27. The van der Waals surface area contributed by atoms with Gasteiger partial charge in [0.2, 0.25) is 0 Å². The number of hydrogen-bond donors (Lipinski definition) is 1. The Hall–Kier alpha value is -0.160. The Balaban J connectivity index is 3.27. The highest BCUT2D eigenvalue weighted by Gasteiger charge is 2.20. The molecule has 0 rings (SSSR count). The molecule has 0 bridgehead atoms. The molecular weight excluding hydrogens is 254 g/mol. The van der Waals surface area contributed by atoms with Gasteiger partial charge in [0.25, 0.3) is 0 Å². The van der Waals surface area contributed by atoms with Crippen LogP contribution < -0.4 is 5.73 Å². The second-order valence-corrected chi connectivity index (χ2v) is 5.71. The molecule has 122 valence electrons.